The molecule has 4 rings (SSSR count). The van der Waals surface area contributed by atoms with Gasteiger partial charge in [-0.25, -0.2) is 14.3 Å². The predicted molar refractivity (Wildman–Crippen MR) is 180 cm³/mol. The third kappa shape index (κ3) is 11.8. The first-order valence-electron chi connectivity index (χ1n) is 16.2. The van der Waals surface area contributed by atoms with Crippen molar-refractivity contribution in [2.24, 2.45) is 0 Å². The highest BCUT2D eigenvalue weighted by Gasteiger charge is 2.23. The zero-order chi connectivity index (χ0) is 35.1. The van der Waals surface area contributed by atoms with E-state index in [0.29, 0.717) is 59.3 Å². The Morgan fingerprint density at radius 1 is 0.714 bits per heavy atom. The minimum absolute atomic E-state index is 0.00561. The molecule has 2 heterocycles. The number of benzene rings is 2. The number of ether oxygens (including phenoxy) is 8. The number of methoxy groups -OCH3 is 2. The molecular formula is C34H48N5O10+. The van der Waals surface area contributed by atoms with Gasteiger partial charge in [-0.3, -0.25) is 9.38 Å². The Bertz CT molecular complexity index is 1410. The van der Waals surface area contributed by atoms with Crippen LogP contribution in [0.1, 0.15) is 26.4 Å². The molecule has 0 aliphatic carbocycles. The minimum Gasteiger partial charge on any atom is -0.487 e. The van der Waals surface area contributed by atoms with Gasteiger partial charge in [0.05, 0.1) is 117 Å². The van der Waals surface area contributed by atoms with E-state index < -0.39 is 11.9 Å². The summed E-state index contributed by atoms with van der Waals surface area (Å²) in [6, 6.07) is 11.1. The van der Waals surface area contributed by atoms with E-state index in [0.717, 1.165) is 15.9 Å². The lowest BCUT2D eigenvalue weighted by atomic mass is 10.1. The standard InChI is InChI=1S/C34H48N5O10/c1-39(2,3)28-8-6-27(7-9-28)38-25-26(35-36-38)24-37-10-12-44-14-16-46-18-20-48-31-22-29(33(40)42-4)30(34(41)43-5)23-32(31)49-21-19-47-17-15-45-13-11-37/h6-9,22-23,25H,10-21,24H2,1-5H3/q+1. The number of rotatable bonds is 6. The van der Waals surface area contributed by atoms with Gasteiger partial charge < -0.3 is 37.9 Å². The first-order chi connectivity index (χ1) is 23.7. The van der Waals surface area contributed by atoms with Crippen LogP contribution in [0.3, 0.4) is 0 Å². The molecule has 1 aliphatic rings. The van der Waals surface area contributed by atoms with Crippen LogP contribution in [-0.2, 0) is 35.0 Å². The van der Waals surface area contributed by atoms with Gasteiger partial charge in [-0.15, -0.1) is 5.10 Å². The molecule has 0 amide bonds. The van der Waals surface area contributed by atoms with E-state index in [-0.39, 0.29) is 49.1 Å². The van der Waals surface area contributed by atoms with E-state index in [2.05, 4.69) is 48.5 Å². The Kier molecular flexibility index (Phi) is 14.7. The van der Waals surface area contributed by atoms with Crippen LogP contribution >= 0.6 is 0 Å². The number of hydrogen-bond acceptors (Lipinski definition) is 13. The SMILES string of the molecule is COC(=O)c1cc2c(cc1C(=O)OC)OCCOCCOCCN(Cc1cn(-c3ccc([N+](C)(C)C)cc3)nn1)CCOCCOCCO2. The maximum Gasteiger partial charge on any atom is 0.338 e. The topological polar surface area (TPSA) is 142 Å². The van der Waals surface area contributed by atoms with Gasteiger partial charge in [0, 0.05) is 31.8 Å². The van der Waals surface area contributed by atoms with Crippen molar-refractivity contribution >= 4 is 17.6 Å². The van der Waals surface area contributed by atoms with Gasteiger partial charge in [0.1, 0.15) is 18.9 Å². The smallest absolute Gasteiger partial charge is 0.338 e. The molecule has 0 fully saturated rings. The molecule has 0 unspecified atom stereocenters. The van der Waals surface area contributed by atoms with E-state index in [1.807, 2.05) is 18.3 Å². The molecule has 0 bridgehead atoms. The van der Waals surface area contributed by atoms with Crippen LogP contribution in [0.4, 0.5) is 5.69 Å². The number of carbonyl (C=O) groups excluding carboxylic acids is 2. The Hall–Kier alpha value is -4.12. The van der Waals surface area contributed by atoms with Crippen molar-refractivity contribution in [1.82, 2.24) is 24.4 Å². The number of carbonyl (C=O) groups is 2. The number of fused-ring (bicyclic) bond motifs is 1. The molecule has 15 nitrogen and oxygen atoms in total. The van der Waals surface area contributed by atoms with Gasteiger partial charge in [-0.1, -0.05) is 5.21 Å². The first-order valence-corrected chi connectivity index (χ1v) is 16.2. The molecule has 0 radical (unpaired) electrons. The second kappa shape index (κ2) is 19.2. The summed E-state index contributed by atoms with van der Waals surface area (Å²) in [5.74, 6) is -0.922. The first kappa shape index (κ1) is 37.7. The largest absolute Gasteiger partial charge is 0.487 e. The zero-order valence-corrected chi connectivity index (χ0v) is 29.1. The van der Waals surface area contributed by atoms with Gasteiger partial charge in [0.2, 0.25) is 0 Å². The van der Waals surface area contributed by atoms with Crippen molar-refractivity contribution in [3.05, 3.63) is 59.4 Å². The average Bonchev–Trinajstić information content (AvgIpc) is 3.57. The fourth-order valence-corrected chi connectivity index (χ4v) is 4.84. The van der Waals surface area contributed by atoms with Gasteiger partial charge in [-0.05, 0) is 24.3 Å². The van der Waals surface area contributed by atoms with E-state index >= 15 is 0 Å². The molecule has 0 atom stereocenters. The maximum absolute atomic E-state index is 12.4. The van der Waals surface area contributed by atoms with Crippen molar-refractivity contribution in [3.63, 3.8) is 0 Å². The summed E-state index contributed by atoms with van der Waals surface area (Å²) in [6.07, 6.45) is 1.94. The van der Waals surface area contributed by atoms with Crippen molar-refractivity contribution in [1.29, 1.82) is 0 Å². The quantitative estimate of drug-likeness (QED) is 0.277. The van der Waals surface area contributed by atoms with Crippen LogP contribution in [0.2, 0.25) is 0 Å². The minimum atomic E-state index is -0.711. The van der Waals surface area contributed by atoms with Crippen molar-refractivity contribution < 1.29 is 47.5 Å². The monoisotopic (exact) mass is 686 g/mol. The third-order valence-electron chi connectivity index (χ3n) is 7.53. The Morgan fingerprint density at radius 2 is 1.18 bits per heavy atom. The van der Waals surface area contributed by atoms with Crippen molar-refractivity contribution in [2.75, 3.05) is 115 Å². The molecular weight excluding hydrogens is 638 g/mol. The average molecular weight is 687 g/mol. The lowest BCUT2D eigenvalue weighted by Gasteiger charge is -2.23. The molecule has 3 aromatic rings. The summed E-state index contributed by atoms with van der Waals surface area (Å²) in [4.78, 5) is 27.0. The number of aromatic nitrogens is 3. The molecule has 268 valence electrons. The van der Waals surface area contributed by atoms with Crippen molar-refractivity contribution in [2.45, 2.75) is 6.54 Å². The highest BCUT2D eigenvalue weighted by molar-refractivity contribution is 6.04. The molecule has 2 aromatic carbocycles. The van der Waals surface area contributed by atoms with E-state index in [1.54, 1.807) is 4.68 Å². The lowest BCUT2D eigenvalue weighted by Crippen LogP contribution is -2.34. The highest BCUT2D eigenvalue weighted by Crippen LogP contribution is 2.32. The van der Waals surface area contributed by atoms with Crippen LogP contribution < -0.4 is 14.0 Å². The second-order valence-electron chi connectivity index (χ2n) is 11.9. The fraction of sp³-hybridized carbons (Fsp3) is 0.529. The summed E-state index contributed by atoms with van der Waals surface area (Å²) in [7, 11) is 8.84. The maximum atomic E-state index is 12.4. The molecule has 0 saturated heterocycles. The van der Waals surface area contributed by atoms with Crippen LogP contribution in [-0.4, -0.2) is 146 Å². The van der Waals surface area contributed by atoms with Crippen LogP contribution in [0.15, 0.2) is 42.6 Å². The number of nitrogens with zero attached hydrogens (tertiary/aromatic N) is 5. The van der Waals surface area contributed by atoms with Crippen molar-refractivity contribution in [3.8, 4) is 17.2 Å². The summed E-state index contributed by atoms with van der Waals surface area (Å²) >= 11 is 0. The van der Waals surface area contributed by atoms with Gasteiger partial charge in [-0.2, -0.15) is 0 Å². The summed E-state index contributed by atoms with van der Waals surface area (Å²) in [5.41, 5.74) is 2.97. The predicted octanol–water partition coefficient (Wildman–Crippen LogP) is 2.38. The van der Waals surface area contributed by atoms with Crippen LogP contribution in [0, 0.1) is 0 Å². The molecule has 15 heteroatoms. The van der Waals surface area contributed by atoms with Gasteiger partial charge in [0.15, 0.2) is 11.5 Å². The van der Waals surface area contributed by atoms with Crippen LogP contribution in [0.25, 0.3) is 5.69 Å². The number of quaternary nitrogens is 1. The summed E-state index contributed by atoms with van der Waals surface area (Å²) in [6.45, 7) is 5.27. The Morgan fingerprint density at radius 3 is 1.65 bits per heavy atom. The van der Waals surface area contributed by atoms with E-state index in [1.165, 1.54) is 32.0 Å². The fourth-order valence-electron chi connectivity index (χ4n) is 4.84. The number of hydrogen-bond donors (Lipinski definition) is 0. The third-order valence-corrected chi connectivity index (χ3v) is 7.53. The normalized spacial score (nSPS) is 16.7. The Labute approximate surface area is 287 Å². The zero-order valence-electron chi connectivity index (χ0n) is 29.1. The molecule has 49 heavy (non-hydrogen) atoms. The Balaban J connectivity index is 1.33. The van der Waals surface area contributed by atoms with E-state index in [9.17, 15) is 9.59 Å². The van der Waals surface area contributed by atoms with E-state index in [4.69, 9.17) is 37.9 Å². The van der Waals surface area contributed by atoms with Gasteiger partial charge in [0.25, 0.3) is 0 Å². The number of esters is 2. The molecule has 1 aromatic heterocycles. The summed E-state index contributed by atoms with van der Waals surface area (Å²) in [5, 5.41) is 8.76. The summed E-state index contributed by atoms with van der Waals surface area (Å²) < 4.78 is 47.0. The highest BCUT2D eigenvalue weighted by atomic mass is 16.6. The lowest BCUT2D eigenvalue weighted by molar-refractivity contribution is 0.0170. The van der Waals surface area contributed by atoms with Gasteiger partial charge >= 0.3 is 11.9 Å². The molecule has 0 N–H and O–H groups in total. The molecule has 0 saturated carbocycles. The molecule has 0 spiro atoms. The van der Waals surface area contributed by atoms with Crippen LogP contribution in [0.5, 0.6) is 11.5 Å². The second-order valence-corrected chi connectivity index (χ2v) is 11.9. The molecule has 1 aliphatic heterocycles.